The summed E-state index contributed by atoms with van der Waals surface area (Å²) in [6, 6.07) is 8.41. The van der Waals surface area contributed by atoms with Crippen LogP contribution in [0.4, 0.5) is 5.69 Å². The van der Waals surface area contributed by atoms with Crippen LogP contribution in [-0.4, -0.2) is 54.3 Å². The molecule has 0 radical (unpaired) electrons. The number of hydrogen-bond acceptors (Lipinski definition) is 5. The zero-order chi connectivity index (χ0) is 17.0. The summed E-state index contributed by atoms with van der Waals surface area (Å²) in [6.07, 6.45) is 10.0. The average Bonchev–Trinajstić information content (AvgIpc) is 2.86. The molecule has 25 heavy (non-hydrogen) atoms. The molecule has 1 atom stereocenters. The van der Waals surface area contributed by atoms with Gasteiger partial charge in [-0.2, -0.15) is 0 Å². The van der Waals surface area contributed by atoms with Crippen LogP contribution in [0.15, 0.2) is 49.1 Å². The highest BCUT2D eigenvalue weighted by atomic mass is 16.5. The molecule has 2 aliphatic rings. The van der Waals surface area contributed by atoms with E-state index in [-0.39, 0.29) is 5.41 Å². The van der Waals surface area contributed by atoms with Gasteiger partial charge in [0.05, 0.1) is 25.1 Å². The van der Waals surface area contributed by atoms with Gasteiger partial charge in [-0.3, -0.25) is 14.9 Å². The van der Waals surface area contributed by atoms with Crippen molar-refractivity contribution in [2.45, 2.75) is 19.4 Å². The molecule has 2 aromatic heterocycles. The highest BCUT2D eigenvalue weighted by Gasteiger charge is 2.39. The standard InChI is InChI=1S/C20H26N4O/c1-3-19(13-22-7-1)24-11-12-25-17-20(16-24)6-2-10-23(15-20)14-18-4-8-21-9-5-18/h1,3-5,7-9,13H,2,6,10-12,14-17H2/t20-/m1/s1. The van der Waals surface area contributed by atoms with Gasteiger partial charge in [0.1, 0.15) is 0 Å². The van der Waals surface area contributed by atoms with Gasteiger partial charge in [0.25, 0.3) is 0 Å². The van der Waals surface area contributed by atoms with Crippen LogP contribution in [0.3, 0.4) is 0 Å². The van der Waals surface area contributed by atoms with Crippen LogP contribution >= 0.6 is 0 Å². The second kappa shape index (κ2) is 7.50. The molecule has 4 heterocycles. The summed E-state index contributed by atoms with van der Waals surface area (Å²) >= 11 is 0. The Morgan fingerprint density at radius 3 is 2.80 bits per heavy atom. The van der Waals surface area contributed by atoms with Crippen molar-refractivity contribution < 1.29 is 4.74 Å². The Kier molecular flexibility index (Phi) is 4.95. The minimum atomic E-state index is 0.206. The van der Waals surface area contributed by atoms with Crippen molar-refractivity contribution in [3.8, 4) is 0 Å². The number of pyridine rings is 2. The molecule has 2 saturated heterocycles. The van der Waals surface area contributed by atoms with Crippen molar-refractivity contribution in [1.82, 2.24) is 14.9 Å². The Balaban J connectivity index is 1.49. The van der Waals surface area contributed by atoms with E-state index in [0.717, 1.165) is 45.9 Å². The number of nitrogens with zero attached hydrogens (tertiary/aromatic N) is 4. The topological polar surface area (TPSA) is 41.5 Å². The molecule has 2 fully saturated rings. The quantitative estimate of drug-likeness (QED) is 0.860. The van der Waals surface area contributed by atoms with E-state index in [4.69, 9.17) is 4.74 Å². The van der Waals surface area contributed by atoms with Crippen molar-refractivity contribution >= 4 is 5.69 Å². The molecule has 2 aromatic rings. The number of hydrogen-bond donors (Lipinski definition) is 0. The van der Waals surface area contributed by atoms with E-state index in [9.17, 15) is 0 Å². The van der Waals surface area contributed by atoms with E-state index in [1.54, 1.807) is 0 Å². The Bertz CT molecular complexity index is 666. The molecule has 132 valence electrons. The first kappa shape index (κ1) is 16.5. The van der Waals surface area contributed by atoms with Crippen LogP contribution in [0.25, 0.3) is 0 Å². The maximum Gasteiger partial charge on any atom is 0.0641 e. The Labute approximate surface area is 149 Å². The lowest BCUT2D eigenvalue weighted by Crippen LogP contribution is -2.50. The molecule has 0 aromatic carbocycles. The lowest BCUT2D eigenvalue weighted by Gasteiger charge is -2.44. The lowest BCUT2D eigenvalue weighted by atomic mass is 9.80. The average molecular weight is 338 g/mol. The van der Waals surface area contributed by atoms with Gasteiger partial charge >= 0.3 is 0 Å². The van der Waals surface area contributed by atoms with Crippen LogP contribution in [0.2, 0.25) is 0 Å². The minimum Gasteiger partial charge on any atom is -0.379 e. The second-order valence-electron chi connectivity index (χ2n) is 7.36. The number of ether oxygens (including phenoxy) is 1. The van der Waals surface area contributed by atoms with Crippen LogP contribution in [-0.2, 0) is 11.3 Å². The van der Waals surface area contributed by atoms with E-state index < -0.39 is 0 Å². The fourth-order valence-corrected chi connectivity index (χ4v) is 4.19. The molecule has 0 unspecified atom stereocenters. The summed E-state index contributed by atoms with van der Waals surface area (Å²) in [5, 5.41) is 0. The van der Waals surface area contributed by atoms with Crippen LogP contribution in [0.1, 0.15) is 18.4 Å². The number of aromatic nitrogens is 2. The molecule has 0 aliphatic carbocycles. The number of piperidine rings is 1. The highest BCUT2D eigenvalue weighted by Crippen LogP contribution is 2.34. The lowest BCUT2D eigenvalue weighted by molar-refractivity contribution is 0.0106. The summed E-state index contributed by atoms with van der Waals surface area (Å²) in [4.78, 5) is 13.5. The van der Waals surface area contributed by atoms with Crippen molar-refractivity contribution in [2.75, 3.05) is 44.3 Å². The van der Waals surface area contributed by atoms with Gasteiger partial charge in [-0.1, -0.05) is 0 Å². The smallest absolute Gasteiger partial charge is 0.0641 e. The van der Waals surface area contributed by atoms with Gasteiger partial charge in [-0.15, -0.1) is 0 Å². The Morgan fingerprint density at radius 1 is 1.04 bits per heavy atom. The first-order chi connectivity index (χ1) is 12.3. The van der Waals surface area contributed by atoms with Crippen molar-refractivity contribution in [1.29, 1.82) is 0 Å². The molecule has 2 aliphatic heterocycles. The van der Waals surface area contributed by atoms with Gasteiger partial charge < -0.3 is 9.64 Å². The highest BCUT2D eigenvalue weighted by molar-refractivity contribution is 5.44. The van der Waals surface area contributed by atoms with Gasteiger partial charge in [0, 0.05) is 50.2 Å². The molecule has 1 spiro atoms. The number of likely N-dealkylation sites (tertiary alicyclic amines) is 1. The third-order valence-corrected chi connectivity index (χ3v) is 5.35. The first-order valence-corrected chi connectivity index (χ1v) is 9.17. The second-order valence-corrected chi connectivity index (χ2v) is 7.36. The van der Waals surface area contributed by atoms with Gasteiger partial charge in [-0.05, 0) is 49.2 Å². The SMILES string of the molecule is c1cncc(N2CCOC[C@@]3(CCCN(Cc4ccncc4)C3)C2)c1. The van der Waals surface area contributed by atoms with Gasteiger partial charge in [-0.25, -0.2) is 0 Å². The fourth-order valence-electron chi connectivity index (χ4n) is 4.19. The number of anilines is 1. The van der Waals surface area contributed by atoms with Gasteiger partial charge in [0.2, 0.25) is 0 Å². The molecule has 0 N–H and O–H groups in total. The zero-order valence-corrected chi connectivity index (χ0v) is 14.7. The van der Waals surface area contributed by atoms with Crippen LogP contribution in [0.5, 0.6) is 0 Å². The monoisotopic (exact) mass is 338 g/mol. The minimum absolute atomic E-state index is 0.206. The predicted octanol–water partition coefficient (Wildman–Crippen LogP) is 2.60. The molecule has 4 rings (SSSR count). The van der Waals surface area contributed by atoms with Crippen molar-refractivity contribution in [3.05, 3.63) is 54.6 Å². The molecule has 0 bridgehead atoms. The summed E-state index contributed by atoms with van der Waals surface area (Å²) < 4.78 is 6.04. The fraction of sp³-hybridized carbons (Fsp3) is 0.500. The molecule has 5 heteroatoms. The van der Waals surface area contributed by atoms with Crippen LogP contribution < -0.4 is 4.90 Å². The third kappa shape index (κ3) is 3.99. The van der Waals surface area contributed by atoms with Crippen molar-refractivity contribution in [2.24, 2.45) is 5.41 Å². The first-order valence-electron chi connectivity index (χ1n) is 9.17. The molecule has 5 nitrogen and oxygen atoms in total. The summed E-state index contributed by atoms with van der Waals surface area (Å²) in [7, 11) is 0. The van der Waals surface area contributed by atoms with Crippen LogP contribution in [0, 0.1) is 5.41 Å². The molecule has 0 amide bonds. The molecule has 0 saturated carbocycles. The maximum atomic E-state index is 6.04. The Morgan fingerprint density at radius 2 is 1.96 bits per heavy atom. The summed E-state index contributed by atoms with van der Waals surface area (Å²) in [6.45, 7) is 6.89. The van der Waals surface area contributed by atoms with E-state index in [2.05, 4.69) is 38.0 Å². The predicted molar refractivity (Wildman–Crippen MR) is 98.5 cm³/mol. The molecular weight excluding hydrogens is 312 g/mol. The third-order valence-electron chi connectivity index (χ3n) is 5.35. The summed E-state index contributed by atoms with van der Waals surface area (Å²) in [5.41, 5.74) is 2.75. The Hall–Kier alpha value is -1.98. The molecular formula is C20H26N4O. The summed E-state index contributed by atoms with van der Waals surface area (Å²) in [5.74, 6) is 0. The van der Waals surface area contributed by atoms with E-state index >= 15 is 0 Å². The van der Waals surface area contributed by atoms with E-state index in [1.165, 1.54) is 24.1 Å². The van der Waals surface area contributed by atoms with Crippen molar-refractivity contribution in [3.63, 3.8) is 0 Å². The largest absolute Gasteiger partial charge is 0.379 e. The van der Waals surface area contributed by atoms with Gasteiger partial charge in [0.15, 0.2) is 0 Å². The zero-order valence-electron chi connectivity index (χ0n) is 14.7. The maximum absolute atomic E-state index is 6.04. The van der Waals surface area contributed by atoms with E-state index in [0.29, 0.717) is 0 Å². The number of rotatable bonds is 3. The van der Waals surface area contributed by atoms with E-state index in [1.807, 2.05) is 30.9 Å². The normalized spacial score (nSPS) is 25.0.